The van der Waals surface area contributed by atoms with Gasteiger partial charge >= 0.3 is 0 Å². The lowest BCUT2D eigenvalue weighted by molar-refractivity contribution is -0.119. The van der Waals surface area contributed by atoms with E-state index >= 15 is 0 Å². The molecule has 0 aliphatic rings. The number of hydrogen-bond donors (Lipinski definition) is 1. The maximum atomic E-state index is 11.9. The summed E-state index contributed by atoms with van der Waals surface area (Å²) in [7, 11) is 0. The van der Waals surface area contributed by atoms with Gasteiger partial charge in [0.1, 0.15) is 5.03 Å². The fraction of sp³-hybridized carbons (Fsp3) is 0.200. The van der Waals surface area contributed by atoms with E-state index in [1.807, 2.05) is 37.3 Å². The smallest absolute Gasteiger partial charge is 0.230 e. The van der Waals surface area contributed by atoms with E-state index in [2.05, 4.69) is 10.3 Å². The first-order valence-corrected chi connectivity index (χ1v) is 7.61. The van der Waals surface area contributed by atoms with E-state index in [-0.39, 0.29) is 11.9 Å². The summed E-state index contributed by atoms with van der Waals surface area (Å²) in [6, 6.07) is 13.4. The SMILES string of the molecule is CC(NC(=O)CSc1ncccc1Cl)c1ccccc1. The summed E-state index contributed by atoms with van der Waals surface area (Å²) < 4.78 is 0. The van der Waals surface area contributed by atoms with Gasteiger partial charge in [-0.3, -0.25) is 4.79 Å². The average molecular weight is 307 g/mol. The van der Waals surface area contributed by atoms with Gasteiger partial charge in [0.15, 0.2) is 0 Å². The van der Waals surface area contributed by atoms with Gasteiger partial charge in [-0.25, -0.2) is 4.98 Å². The standard InChI is InChI=1S/C15H15ClN2OS/c1-11(12-6-3-2-4-7-12)18-14(19)10-20-15-13(16)8-5-9-17-15/h2-9,11H,10H2,1H3,(H,18,19). The molecule has 0 bridgehead atoms. The fourth-order valence-electron chi connectivity index (χ4n) is 1.72. The van der Waals surface area contributed by atoms with E-state index < -0.39 is 0 Å². The number of thioether (sulfide) groups is 1. The van der Waals surface area contributed by atoms with Gasteiger partial charge in [-0.05, 0) is 24.6 Å². The lowest BCUT2D eigenvalue weighted by Crippen LogP contribution is -2.28. The maximum Gasteiger partial charge on any atom is 0.230 e. The zero-order chi connectivity index (χ0) is 14.4. The third kappa shape index (κ3) is 4.25. The third-order valence-corrected chi connectivity index (χ3v) is 4.16. The molecule has 0 aliphatic carbocycles. The Bertz CT molecular complexity index is 577. The molecule has 1 aromatic heterocycles. The summed E-state index contributed by atoms with van der Waals surface area (Å²) in [6.07, 6.45) is 1.67. The van der Waals surface area contributed by atoms with Crippen molar-refractivity contribution in [1.82, 2.24) is 10.3 Å². The zero-order valence-electron chi connectivity index (χ0n) is 11.0. The van der Waals surface area contributed by atoms with Crippen LogP contribution >= 0.6 is 23.4 Å². The van der Waals surface area contributed by atoms with Crippen LogP contribution in [0.25, 0.3) is 0 Å². The summed E-state index contributed by atoms with van der Waals surface area (Å²) in [5, 5.41) is 4.20. The van der Waals surface area contributed by atoms with Crippen LogP contribution in [0.3, 0.4) is 0 Å². The highest BCUT2D eigenvalue weighted by atomic mass is 35.5. The Morgan fingerprint density at radius 1 is 1.30 bits per heavy atom. The van der Waals surface area contributed by atoms with Crippen molar-refractivity contribution in [1.29, 1.82) is 0 Å². The van der Waals surface area contributed by atoms with Crippen LogP contribution in [-0.2, 0) is 4.79 Å². The number of amides is 1. The van der Waals surface area contributed by atoms with E-state index in [9.17, 15) is 4.79 Å². The molecule has 1 amide bonds. The summed E-state index contributed by atoms with van der Waals surface area (Å²) >= 11 is 7.33. The van der Waals surface area contributed by atoms with Gasteiger partial charge < -0.3 is 5.32 Å². The third-order valence-electron chi connectivity index (χ3n) is 2.74. The lowest BCUT2D eigenvalue weighted by atomic mass is 10.1. The molecule has 20 heavy (non-hydrogen) atoms. The molecule has 0 saturated carbocycles. The number of nitrogens with zero attached hydrogens (tertiary/aromatic N) is 1. The van der Waals surface area contributed by atoms with Crippen molar-refractivity contribution < 1.29 is 4.79 Å². The van der Waals surface area contributed by atoms with Crippen LogP contribution in [0.1, 0.15) is 18.5 Å². The van der Waals surface area contributed by atoms with Crippen LogP contribution in [0, 0.1) is 0 Å². The second kappa shape index (κ2) is 7.31. The second-order valence-corrected chi connectivity index (χ2v) is 5.65. The Balaban J connectivity index is 1.86. The molecule has 1 atom stereocenters. The van der Waals surface area contributed by atoms with Crippen molar-refractivity contribution in [2.75, 3.05) is 5.75 Å². The Hall–Kier alpha value is -1.52. The van der Waals surface area contributed by atoms with E-state index in [1.54, 1.807) is 18.3 Å². The number of benzene rings is 1. The number of rotatable bonds is 5. The number of nitrogens with one attached hydrogen (secondary N) is 1. The number of pyridine rings is 1. The predicted molar refractivity (Wildman–Crippen MR) is 83.0 cm³/mol. The molecule has 0 radical (unpaired) electrons. The van der Waals surface area contributed by atoms with E-state index in [1.165, 1.54) is 11.8 Å². The van der Waals surface area contributed by atoms with E-state index in [0.717, 1.165) is 5.56 Å². The molecule has 1 unspecified atom stereocenters. The second-order valence-electron chi connectivity index (χ2n) is 4.28. The highest BCUT2D eigenvalue weighted by molar-refractivity contribution is 8.00. The summed E-state index contributed by atoms with van der Waals surface area (Å²) in [5.41, 5.74) is 1.08. The average Bonchev–Trinajstić information content (AvgIpc) is 2.47. The number of carbonyl (C=O) groups is 1. The summed E-state index contributed by atoms with van der Waals surface area (Å²) in [4.78, 5) is 16.0. The minimum Gasteiger partial charge on any atom is -0.349 e. The van der Waals surface area contributed by atoms with Gasteiger partial charge in [-0.15, -0.1) is 0 Å². The molecule has 1 heterocycles. The number of halogens is 1. The lowest BCUT2D eigenvalue weighted by Gasteiger charge is -2.14. The number of aromatic nitrogens is 1. The molecule has 0 aliphatic heterocycles. The maximum absolute atomic E-state index is 11.9. The van der Waals surface area contributed by atoms with Gasteiger partial charge in [0, 0.05) is 6.20 Å². The molecule has 0 spiro atoms. The van der Waals surface area contributed by atoms with Crippen LogP contribution < -0.4 is 5.32 Å². The van der Waals surface area contributed by atoms with Gasteiger partial charge in [-0.1, -0.05) is 53.7 Å². The van der Waals surface area contributed by atoms with Crippen LogP contribution in [-0.4, -0.2) is 16.6 Å². The van der Waals surface area contributed by atoms with Crippen molar-refractivity contribution in [3.63, 3.8) is 0 Å². The Morgan fingerprint density at radius 3 is 2.75 bits per heavy atom. The minimum atomic E-state index is -0.0342. The molecule has 1 N–H and O–H groups in total. The normalized spacial score (nSPS) is 11.9. The molecule has 2 aromatic rings. The van der Waals surface area contributed by atoms with E-state index in [0.29, 0.717) is 15.8 Å². The first-order valence-electron chi connectivity index (χ1n) is 6.24. The molecular formula is C15H15ClN2OS. The molecule has 3 nitrogen and oxygen atoms in total. The van der Waals surface area contributed by atoms with Crippen LogP contribution in [0.15, 0.2) is 53.7 Å². The largest absolute Gasteiger partial charge is 0.349 e. The first kappa shape index (κ1) is 14.9. The summed E-state index contributed by atoms with van der Waals surface area (Å²) in [5.74, 6) is 0.265. The minimum absolute atomic E-state index is 0.0106. The van der Waals surface area contributed by atoms with Crippen molar-refractivity contribution in [2.45, 2.75) is 18.0 Å². The Labute approximate surface area is 127 Å². The zero-order valence-corrected chi connectivity index (χ0v) is 12.6. The molecule has 0 fully saturated rings. The fourth-order valence-corrected chi connectivity index (χ4v) is 2.70. The van der Waals surface area contributed by atoms with Gasteiger partial charge in [-0.2, -0.15) is 0 Å². The number of hydrogen-bond acceptors (Lipinski definition) is 3. The highest BCUT2D eigenvalue weighted by Crippen LogP contribution is 2.23. The van der Waals surface area contributed by atoms with Gasteiger partial charge in [0.05, 0.1) is 16.8 Å². The summed E-state index contributed by atoms with van der Waals surface area (Å²) in [6.45, 7) is 1.96. The van der Waals surface area contributed by atoms with Crippen LogP contribution in [0.5, 0.6) is 0 Å². The Morgan fingerprint density at radius 2 is 2.05 bits per heavy atom. The predicted octanol–water partition coefficient (Wildman–Crippen LogP) is 3.70. The quantitative estimate of drug-likeness (QED) is 0.856. The molecular weight excluding hydrogens is 292 g/mol. The molecule has 1 aromatic carbocycles. The monoisotopic (exact) mass is 306 g/mol. The first-order chi connectivity index (χ1) is 9.66. The number of carbonyl (C=O) groups excluding carboxylic acids is 1. The van der Waals surface area contributed by atoms with E-state index in [4.69, 9.17) is 11.6 Å². The van der Waals surface area contributed by atoms with Crippen LogP contribution in [0.2, 0.25) is 5.02 Å². The van der Waals surface area contributed by atoms with Gasteiger partial charge in [0.2, 0.25) is 5.91 Å². The van der Waals surface area contributed by atoms with Gasteiger partial charge in [0.25, 0.3) is 0 Å². The van der Waals surface area contributed by atoms with Crippen molar-refractivity contribution >= 4 is 29.3 Å². The van der Waals surface area contributed by atoms with Crippen molar-refractivity contribution in [3.8, 4) is 0 Å². The van der Waals surface area contributed by atoms with Crippen LogP contribution in [0.4, 0.5) is 0 Å². The Kier molecular flexibility index (Phi) is 5.44. The molecule has 104 valence electrons. The molecule has 2 rings (SSSR count). The molecule has 0 saturated heterocycles. The van der Waals surface area contributed by atoms with Crippen molar-refractivity contribution in [3.05, 3.63) is 59.2 Å². The highest BCUT2D eigenvalue weighted by Gasteiger charge is 2.10. The topological polar surface area (TPSA) is 42.0 Å². The van der Waals surface area contributed by atoms with Crippen molar-refractivity contribution in [2.24, 2.45) is 0 Å². The molecule has 5 heteroatoms.